The first-order valence-electron chi connectivity index (χ1n) is 4.31. The summed E-state index contributed by atoms with van der Waals surface area (Å²) in [5.41, 5.74) is -0.909. The van der Waals surface area contributed by atoms with Crippen LogP contribution in [0.1, 0.15) is 10.4 Å². The molecule has 7 heteroatoms. The van der Waals surface area contributed by atoms with E-state index in [-0.39, 0.29) is 16.2 Å². The van der Waals surface area contributed by atoms with Crippen LogP contribution in [0.2, 0.25) is 0 Å². The summed E-state index contributed by atoms with van der Waals surface area (Å²) in [4.78, 5) is 44.5. The summed E-state index contributed by atoms with van der Waals surface area (Å²) in [5, 5.41) is -0.850. The van der Waals surface area contributed by atoms with Crippen LogP contribution in [-0.4, -0.2) is 22.1 Å². The van der Waals surface area contributed by atoms with E-state index < -0.39 is 22.1 Å². The fourth-order valence-corrected chi connectivity index (χ4v) is 2.21. The molecule has 1 aromatic rings. The van der Waals surface area contributed by atoms with Crippen molar-refractivity contribution in [1.82, 2.24) is 0 Å². The molecule has 0 spiro atoms. The summed E-state index contributed by atoms with van der Waals surface area (Å²) in [6.07, 6.45) is 0. The Morgan fingerprint density at radius 3 is 2.53 bits per heavy atom. The number of hydrogen-bond acceptors (Lipinski definition) is 6. The molecular weight excluding hydrogens is 268 g/mol. The van der Waals surface area contributed by atoms with Crippen LogP contribution in [0.25, 0.3) is 0 Å². The Bertz CT molecular complexity index is 566. The Balaban J connectivity index is 2.43. The number of thioether (sulfide) groups is 1. The molecule has 0 saturated carbocycles. The van der Waals surface area contributed by atoms with Crippen LogP contribution in [0, 0.1) is 0 Å². The number of fused-ring (bicyclic) bond motifs is 1. The van der Waals surface area contributed by atoms with Crippen LogP contribution in [0.4, 0.5) is 4.79 Å². The van der Waals surface area contributed by atoms with Gasteiger partial charge in [0.05, 0.1) is 0 Å². The number of halogens is 1. The number of ether oxygens (including phenoxy) is 1. The maximum atomic E-state index is 11.4. The summed E-state index contributed by atoms with van der Waals surface area (Å²) in [6, 6.07) is 3.94. The summed E-state index contributed by atoms with van der Waals surface area (Å²) < 4.78 is 4.58. The van der Waals surface area contributed by atoms with Crippen molar-refractivity contribution >= 4 is 45.5 Å². The third-order valence-corrected chi connectivity index (χ3v) is 3.00. The highest BCUT2D eigenvalue weighted by molar-refractivity contribution is 8.16. The molecular formula is C10H3ClO5S. The predicted molar refractivity (Wildman–Crippen MR) is 58.5 cm³/mol. The van der Waals surface area contributed by atoms with E-state index in [1.807, 2.05) is 0 Å². The molecule has 1 aromatic carbocycles. The molecule has 0 aromatic heterocycles. The van der Waals surface area contributed by atoms with Gasteiger partial charge in [-0.3, -0.25) is 14.4 Å². The number of rotatable bonds is 1. The molecule has 0 radical (unpaired) electrons. The normalized spacial score (nSPS) is 14.5. The Hall–Kier alpha value is -1.66. The van der Waals surface area contributed by atoms with E-state index in [1.165, 1.54) is 18.2 Å². The molecule has 1 aliphatic heterocycles. The number of ketones is 2. The Labute approximate surface area is 104 Å². The number of Topliss-reactive ketones (excluding diaryl/α,β-unsaturated/α-hetero) is 2. The number of carbonyl (C=O) groups excluding carboxylic acids is 4. The van der Waals surface area contributed by atoms with Gasteiger partial charge in [-0.05, 0) is 30.0 Å². The zero-order valence-corrected chi connectivity index (χ0v) is 9.63. The van der Waals surface area contributed by atoms with Crippen molar-refractivity contribution in [1.29, 1.82) is 0 Å². The topological polar surface area (TPSA) is 77.5 Å². The zero-order chi connectivity index (χ0) is 12.6. The Morgan fingerprint density at radius 2 is 1.88 bits per heavy atom. The lowest BCUT2D eigenvalue weighted by Gasteiger charge is -2.12. The predicted octanol–water partition coefficient (Wildman–Crippen LogP) is 1.81. The van der Waals surface area contributed by atoms with Gasteiger partial charge >= 0.3 is 5.43 Å². The van der Waals surface area contributed by atoms with Crippen LogP contribution in [-0.2, 0) is 9.59 Å². The van der Waals surface area contributed by atoms with E-state index in [4.69, 9.17) is 11.6 Å². The molecule has 2 rings (SSSR count). The fraction of sp³-hybridized carbons (Fsp3) is 0. The van der Waals surface area contributed by atoms with Crippen molar-refractivity contribution in [3.05, 3.63) is 23.8 Å². The average Bonchev–Trinajstić information content (AvgIpc) is 2.25. The molecule has 0 bridgehead atoms. The van der Waals surface area contributed by atoms with E-state index in [2.05, 4.69) is 4.74 Å². The number of benzene rings is 1. The second-order valence-electron chi connectivity index (χ2n) is 3.05. The molecule has 0 aliphatic carbocycles. The molecule has 0 amide bonds. The van der Waals surface area contributed by atoms with Crippen molar-refractivity contribution in [3.63, 3.8) is 0 Å². The highest BCUT2D eigenvalue weighted by Crippen LogP contribution is 2.32. The van der Waals surface area contributed by atoms with Crippen LogP contribution < -0.4 is 4.74 Å². The van der Waals surface area contributed by atoms with Gasteiger partial charge in [-0.2, -0.15) is 0 Å². The van der Waals surface area contributed by atoms with Gasteiger partial charge < -0.3 is 4.74 Å². The summed E-state index contributed by atoms with van der Waals surface area (Å²) in [6.45, 7) is 0. The molecule has 1 heterocycles. The van der Waals surface area contributed by atoms with Crippen LogP contribution in [0.3, 0.4) is 0 Å². The molecule has 86 valence electrons. The van der Waals surface area contributed by atoms with Crippen molar-refractivity contribution in [2.45, 2.75) is 4.90 Å². The minimum absolute atomic E-state index is 0.103. The lowest BCUT2D eigenvalue weighted by molar-refractivity contribution is -0.128. The van der Waals surface area contributed by atoms with Crippen LogP contribution >= 0.6 is 23.4 Å². The monoisotopic (exact) mass is 270 g/mol. The van der Waals surface area contributed by atoms with Gasteiger partial charge in [-0.25, -0.2) is 4.79 Å². The van der Waals surface area contributed by atoms with E-state index in [9.17, 15) is 19.2 Å². The van der Waals surface area contributed by atoms with Crippen molar-refractivity contribution < 1.29 is 23.9 Å². The van der Waals surface area contributed by atoms with Gasteiger partial charge in [0.15, 0.2) is 0 Å². The molecule has 0 unspecified atom stereocenters. The molecule has 0 saturated heterocycles. The van der Waals surface area contributed by atoms with E-state index in [0.29, 0.717) is 11.8 Å². The van der Waals surface area contributed by atoms with Gasteiger partial charge in [-0.1, -0.05) is 0 Å². The molecule has 0 atom stereocenters. The quantitative estimate of drug-likeness (QED) is 0.572. The average molecular weight is 271 g/mol. The fourth-order valence-electron chi connectivity index (χ4n) is 1.29. The van der Waals surface area contributed by atoms with E-state index in [0.717, 1.165) is 0 Å². The van der Waals surface area contributed by atoms with Gasteiger partial charge in [0.25, 0.3) is 10.9 Å². The minimum atomic E-state index is -1.05. The lowest BCUT2D eigenvalue weighted by atomic mass is 10.1. The molecule has 5 nitrogen and oxygen atoms in total. The SMILES string of the molecule is O=C(Cl)Oc1ccc2c(c1)SC(=O)C(=O)C2=O. The number of hydrogen-bond donors (Lipinski definition) is 0. The van der Waals surface area contributed by atoms with E-state index >= 15 is 0 Å². The zero-order valence-electron chi connectivity index (χ0n) is 8.06. The second-order valence-corrected chi connectivity index (χ2v) is 4.37. The summed E-state index contributed by atoms with van der Waals surface area (Å²) in [5.74, 6) is -1.80. The second kappa shape index (κ2) is 4.31. The van der Waals surface area contributed by atoms with Gasteiger partial charge in [0.2, 0.25) is 5.78 Å². The van der Waals surface area contributed by atoms with Crippen LogP contribution in [0.5, 0.6) is 5.75 Å². The lowest BCUT2D eigenvalue weighted by Crippen LogP contribution is -2.26. The first-order valence-corrected chi connectivity index (χ1v) is 5.50. The largest absolute Gasteiger partial charge is 0.414 e. The number of carbonyl (C=O) groups is 4. The third kappa shape index (κ3) is 2.22. The highest BCUT2D eigenvalue weighted by Gasteiger charge is 2.33. The minimum Gasteiger partial charge on any atom is -0.414 e. The highest BCUT2D eigenvalue weighted by atomic mass is 35.5. The maximum Gasteiger partial charge on any atom is 0.409 e. The maximum absolute atomic E-state index is 11.4. The standard InChI is InChI=1S/C10H3ClO5S/c11-10(15)16-4-1-2-5-6(3-4)17-9(14)8(13)7(5)12/h1-3H. The van der Waals surface area contributed by atoms with Crippen LogP contribution in [0.15, 0.2) is 23.1 Å². The molecule has 0 N–H and O–H groups in total. The van der Waals surface area contributed by atoms with Gasteiger partial charge in [0.1, 0.15) is 5.75 Å². The Morgan fingerprint density at radius 1 is 1.18 bits per heavy atom. The molecule has 0 fully saturated rings. The first-order chi connectivity index (χ1) is 7.99. The van der Waals surface area contributed by atoms with Crippen molar-refractivity contribution in [3.8, 4) is 5.75 Å². The smallest absolute Gasteiger partial charge is 0.409 e. The molecule has 17 heavy (non-hydrogen) atoms. The van der Waals surface area contributed by atoms with Gasteiger partial charge in [0, 0.05) is 22.1 Å². The first kappa shape index (κ1) is 11.8. The molecule has 1 aliphatic rings. The van der Waals surface area contributed by atoms with Crippen molar-refractivity contribution in [2.75, 3.05) is 0 Å². The van der Waals surface area contributed by atoms with Gasteiger partial charge in [-0.15, -0.1) is 0 Å². The third-order valence-electron chi connectivity index (χ3n) is 1.99. The Kier molecular flexibility index (Phi) is 2.99. The summed E-state index contributed by atoms with van der Waals surface area (Å²) >= 11 is 5.64. The van der Waals surface area contributed by atoms with Crippen molar-refractivity contribution in [2.24, 2.45) is 0 Å². The summed E-state index contributed by atoms with van der Waals surface area (Å²) in [7, 11) is 0. The van der Waals surface area contributed by atoms with E-state index in [1.54, 1.807) is 0 Å².